The Hall–Kier alpha value is -1.56. The van der Waals surface area contributed by atoms with E-state index in [1.165, 1.54) is 19.3 Å². The van der Waals surface area contributed by atoms with Crippen LogP contribution < -0.4 is 21.3 Å². The minimum atomic E-state index is 0.0796. The van der Waals surface area contributed by atoms with Crippen LogP contribution in [0.25, 0.3) is 0 Å². The summed E-state index contributed by atoms with van der Waals surface area (Å²) in [6.07, 6.45) is 7.45. The molecule has 1 aromatic rings. The molecule has 0 radical (unpaired) electrons. The monoisotopic (exact) mass is 400 g/mol. The van der Waals surface area contributed by atoms with Gasteiger partial charge in [0.15, 0.2) is 11.6 Å². The second-order valence-electron chi connectivity index (χ2n) is 12.4. The Morgan fingerprint density at radius 1 is 1.00 bits per heavy atom. The van der Waals surface area contributed by atoms with Crippen molar-refractivity contribution in [3.05, 3.63) is 6.33 Å². The lowest BCUT2D eigenvalue weighted by molar-refractivity contribution is 0.136. The molecule has 2 bridgehead atoms. The highest BCUT2D eigenvalue weighted by Gasteiger charge is 2.50. The van der Waals surface area contributed by atoms with Crippen molar-refractivity contribution in [1.82, 2.24) is 15.3 Å². The summed E-state index contributed by atoms with van der Waals surface area (Å²) < 4.78 is 0. The lowest BCUT2D eigenvalue weighted by Crippen LogP contribution is -2.60. The van der Waals surface area contributed by atoms with Gasteiger partial charge in [-0.2, -0.15) is 0 Å². The van der Waals surface area contributed by atoms with E-state index < -0.39 is 0 Å². The van der Waals surface area contributed by atoms with E-state index in [0.29, 0.717) is 28.6 Å². The molecule has 4 rings (SSSR count). The van der Waals surface area contributed by atoms with E-state index in [0.717, 1.165) is 31.0 Å². The van der Waals surface area contributed by atoms with Gasteiger partial charge in [0.25, 0.3) is 0 Å². The molecule has 29 heavy (non-hydrogen) atoms. The van der Waals surface area contributed by atoms with E-state index in [1.807, 2.05) is 0 Å². The van der Waals surface area contributed by atoms with Gasteiger partial charge in [0.2, 0.25) is 0 Å². The molecule has 1 aromatic heterocycles. The molecule has 6 heteroatoms. The van der Waals surface area contributed by atoms with Gasteiger partial charge in [0.1, 0.15) is 12.0 Å². The van der Waals surface area contributed by atoms with Crippen LogP contribution >= 0.6 is 0 Å². The molecular formula is C23H40N6. The molecule has 4 N–H and O–H groups in total. The van der Waals surface area contributed by atoms with E-state index in [1.54, 1.807) is 6.33 Å². The zero-order chi connectivity index (χ0) is 21.2. The minimum Gasteiger partial charge on any atom is -0.393 e. The summed E-state index contributed by atoms with van der Waals surface area (Å²) in [6, 6.07) is 0.853. The van der Waals surface area contributed by atoms with Crippen LogP contribution in [0.1, 0.15) is 80.6 Å². The SMILES string of the molecule is CC1(C)CC2CC(C)(CN2c2ncnc(NC3CC(C)(C)NC(C)(C)C3)c2N)C1. The Morgan fingerprint density at radius 3 is 2.31 bits per heavy atom. The molecule has 2 aliphatic heterocycles. The fourth-order valence-electron chi connectivity index (χ4n) is 7.06. The molecule has 1 aliphatic carbocycles. The third-order valence-electron chi connectivity index (χ3n) is 7.08. The fraction of sp³-hybridized carbons (Fsp3) is 0.826. The van der Waals surface area contributed by atoms with Crippen molar-refractivity contribution in [2.24, 2.45) is 10.8 Å². The second kappa shape index (κ2) is 6.47. The molecule has 3 heterocycles. The lowest BCUT2D eigenvalue weighted by Gasteiger charge is -2.46. The van der Waals surface area contributed by atoms with Gasteiger partial charge < -0.3 is 21.3 Å². The smallest absolute Gasteiger partial charge is 0.157 e. The van der Waals surface area contributed by atoms with Gasteiger partial charge in [0, 0.05) is 29.7 Å². The molecule has 0 amide bonds. The predicted molar refractivity (Wildman–Crippen MR) is 121 cm³/mol. The van der Waals surface area contributed by atoms with Crippen LogP contribution in [0.2, 0.25) is 0 Å². The van der Waals surface area contributed by atoms with Gasteiger partial charge in [0.05, 0.1) is 0 Å². The van der Waals surface area contributed by atoms with E-state index in [9.17, 15) is 0 Å². The standard InChI is InChI=1S/C23H40N6/c1-20(2)10-16-11-23(7,12-20)13-29(16)19-17(24)18(25-14-26-19)27-15-8-21(3,4)28-22(5,6)9-15/h14-16,28H,8-13,24H2,1-7H3,(H,25,26,27). The predicted octanol–water partition coefficient (Wildman–Crippen LogP) is 4.18. The van der Waals surface area contributed by atoms with Crippen molar-refractivity contribution in [3.63, 3.8) is 0 Å². The zero-order valence-corrected chi connectivity index (χ0v) is 19.4. The Morgan fingerprint density at radius 2 is 1.66 bits per heavy atom. The van der Waals surface area contributed by atoms with E-state index in [2.05, 4.69) is 74.0 Å². The molecule has 162 valence electrons. The minimum absolute atomic E-state index is 0.0796. The summed E-state index contributed by atoms with van der Waals surface area (Å²) in [5.41, 5.74) is 8.25. The van der Waals surface area contributed by atoms with Crippen molar-refractivity contribution in [3.8, 4) is 0 Å². The molecule has 0 spiro atoms. The maximum absolute atomic E-state index is 6.66. The highest BCUT2D eigenvalue weighted by atomic mass is 15.3. The first-order chi connectivity index (χ1) is 13.3. The number of fused-ring (bicyclic) bond motifs is 2. The number of rotatable bonds is 3. The van der Waals surface area contributed by atoms with Crippen molar-refractivity contribution in [1.29, 1.82) is 0 Å². The van der Waals surface area contributed by atoms with Crippen LogP contribution in [0.5, 0.6) is 0 Å². The summed E-state index contributed by atoms with van der Waals surface area (Å²) in [6.45, 7) is 17.3. The Balaban J connectivity index is 1.57. The number of nitrogens with one attached hydrogen (secondary N) is 2. The first kappa shape index (κ1) is 20.7. The molecule has 6 nitrogen and oxygen atoms in total. The fourth-order valence-corrected chi connectivity index (χ4v) is 7.06. The van der Waals surface area contributed by atoms with E-state index >= 15 is 0 Å². The van der Waals surface area contributed by atoms with Gasteiger partial charge in [-0.15, -0.1) is 0 Å². The third-order valence-corrected chi connectivity index (χ3v) is 7.08. The molecule has 0 aromatic carbocycles. The summed E-state index contributed by atoms with van der Waals surface area (Å²) >= 11 is 0. The van der Waals surface area contributed by atoms with Crippen molar-refractivity contribution in [2.45, 2.75) is 104 Å². The number of hydrogen-bond donors (Lipinski definition) is 3. The number of piperidine rings is 1. The second-order valence-corrected chi connectivity index (χ2v) is 12.4. The Labute approximate surface area is 176 Å². The lowest BCUT2D eigenvalue weighted by atomic mass is 9.65. The van der Waals surface area contributed by atoms with Crippen molar-refractivity contribution < 1.29 is 0 Å². The quantitative estimate of drug-likeness (QED) is 0.706. The molecule has 3 aliphatic rings. The van der Waals surface area contributed by atoms with Gasteiger partial charge in [-0.05, 0) is 70.6 Å². The summed E-state index contributed by atoms with van der Waals surface area (Å²) in [7, 11) is 0. The first-order valence-electron chi connectivity index (χ1n) is 11.2. The van der Waals surface area contributed by atoms with Gasteiger partial charge >= 0.3 is 0 Å². The topological polar surface area (TPSA) is 79.1 Å². The van der Waals surface area contributed by atoms with Crippen LogP contribution in [0, 0.1) is 10.8 Å². The van der Waals surface area contributed by atoms with Crippen LogP contribution in [-0.2, 0) is 0 Å². The summed E-state index contributed by atoms with van der Waals surface area (Å²) in [5.74, 6) is 1.71. The molecule has 2 atom stereocenters. The number of hydrogen-bond acceptors (Lipinski definition) is 6. The number of anilines is 3. The average Bonchev–Trinajstić information content (AvgIpc) is 2.75. The molecule has 2 unspecified atom stereocenters. The number of aromatic nitrogens is 2. The van der Waals surface area contributed by atoms with Crippen molar-refractivity contribution in [2.75, 3.05) is 22.5 Å². The van der Waals surface area contributed by atoms with Gasteiger partial charge in [-0.1, -0.05) is 20.8 Å². The number of nitrogens with zero attached hydrogens (tertiary/aromatic N) is 3. The molecule has 3 fully saturated rings. The van der Waals surface area contributed by atoms with E-state index in [4.69, 9.17) is 5.73 Å². The van der Waals surface area contributed by atoms with Gasteiger partial charge in [-0.3, -0.25) is 0 Å². The molecule has 2 saturated heterocycles. The number of nitrogen functional groups attached to an aromatic ring is 1. The van der Waals surface area contributed by atoms with Crippen LogP contribution in [0.3, 0.4) is 0 Å². The summed E-state index contributed by atoms with van der Waals surface area (Å²) in [4.78, 5) is 11.7. The normalized spacial score (nSPS) is 32.9. The highest BCUT2D eigenvalue weighted by Crippen LogP contribution is 2.54. The third kappa shape index (κ3) is 4.18. The van der Waals surface area contributed by atoms with Crippen molar-refractivity contribution >= 4 is 17.3 Å². The largest absolute Gasteiger partial charge is 0.393 e. The average molecular weight is 401 g/mol. The maximum Gasteiger partial charge on any atom is 0.157 e. The van der Waals surface area contributed by atoms with Crippen LogP contribution in [0.15, 0.2) is 6.33 Å². The molecule has 1 saturated carbocycles. The number of nitrogens with two attached hydrogens (primary N) is 1. The van der Waals surface area contributed by atoms with E-state index in [-0.39, 0.29) is 11.1 Å². The summed E-state index contributed by atoms with van der Waals surface area (Å²) in [5, 5.41) is 7.41. The highest BCUT2D eigenvalue weighted by molar-refractivity contribution is 5.75. The zero-order valence-electron chi connectivity index (χ0n) is 19.4. The first-order valence-corrected chi connectivity index (χ1v) is 11.2. The van der Waals surface area contributed by atoms with Crippen LogP contribution in [0.4, 0.5) is 17.3 Å². The molecular weight excluding hydrogens is 360 g/mol. The Kier molecular flexibility index (Phi) is 4.62. The maximum atomic E-state index is 6.66. The van der Waals surface area contributed by atoms with Gasteiger partial charge in [-0.25, -0.2) is 9.97 Å². The Bertz CT molecular complexity index is 770. The van der Waals surface area contributed by atoms with Crippen LogP contribution in [-0.4, -0.2) is 39.7 Å².